The standard InChI is InChI=1S/C11H9NO4/c1-16-10-3-6-2-7(11(14)15)5-12-8(6)4-9(10)13/h2-5,13H,1H3,(H,14,15). The van der Waals surface area contributed by atoms with Gasteiger partial charge in [0.2, 0.25) is 0 Å². The SMILES string of the molecule is COc1cc2cc(C(=O)O)cnc2cc1O. The van der Waals surface area contributed by atoms with Gasteiger partial charge in [0.05, 0.1) is 18.2 Å². The van der Waals surface area contributed by atoms with E-state index in [1.54, 1.807) is 6.07 Å². The Balaban J connectivity index is 2.68. The summed E-state index contributed by atoms with van der Waals surface area (Å²) in [6, 6.07) is 4.45. The van der Waals surface area contributed by atoms with E-state index in [1.165, 1.54) is 25.4 Å². The van der Waals surface area contributed by atoms with Crippen LogP contribution in [0.5, 0.6) is 11.5 Å². The van der Waals surface area contributed by atoms with E-state index in [2.05, 4.69) is 4.98 Å². The zero-order valence-corrected chi connectivity index (χ0v) is 8.47. The van der Waals surface area contributed by atoms with Gasteiger partial charge in [0.1, 0.15) is 0 Å². The van der Waals surface area contributed by atoms with Gasteiger partial charge in [0.25, 0.3) is 0 Å². The van der Waals surface area contributed by atoms with Crippen LogP contribution < -0.4 is 4.74 Å². The molecule has 1 aromatic carbocycles. The molecule has 0 aliphatic carbocycles. The van der Waals surface area contributed by atoms with Crippen LogP contribution in [0.2, 0.25) is 0 Å². The molecule has 0 spiro atoms. The Hall–Kier alpha value is -2.30. The minimum atomic E-state index is -1.04. The molecular weight excluding hydrogens is 210 g/mol. The average Bonchev–Trinajstić information content (AvgIpc) is 2.27. The Kier molecular flexibility index (Phi) is 2.36. The summed E-state index contributed by atoms with van der Waals surface area (Å²) < 4.78 is 4.93. The number of hydrogen-bond donors (Lipinski definition) is 2. The molecule has 0 bridgehead atoms. The molecule has 0 unspecified atom stereocenters. The number of aromatic hydroxyl groups is 1. The van der Waals surface area contributed by atoms with Crippen molar-refractivity contribution in [1.82, 2.24) is 4.98 Å². The first-order chi connectivity index (χ1) is 7.61. The number of hydrogen-bond acceptors (Lipinski definition) is 4. The maximum absolute atomic E-state index is 10.7. The largest absolute Gasteiger partial charge is 0.504 e. The van der Waals surface area contributed by atoms with Crippen LogP contribution in [0, 0.1) is 0 Å². The van der Waals surface area contributed by atoms with E-state index in [0.29, 0.717) is 10.9 Å². The maximum Gasteiger partial charge on any atom is 0.337 e. The number of aromatic nitrogens is 1. The number of carboxylic acid groups (broad SMARTS) is 1. The molecule has 0 fully saturated rings. The van der Waals surface area contributed by atoms with Crippen LogP contribution in [0.15, 0.2) is 24.4 Å². The van der Waals surface area contributed by atoms with Gasteiger partial charge in [0.15, 0.2) is 11.5 Å². The minimum Gasteiger partial charge on any atom is -0.504 e. The average molecular weight is 219 g/mol. The van der Waals surface area contributed by atoms with Gasteiger partial charge < -0.3 is 14.9 Å². The third-order valence-corrected chi connectivity index (χ3v) is 2.23. The van der Waals surface area contributed by atoms with Gasteiger partial charge in [-0.1, -0.05) is 0 Å². The first kappa shape index (κ1) is 10.2. The van der Waals surface area contributed by atoms with Gasteiger partial charge >= 0.3 is 5.97 Å². The van der Waals surface area contributed by atoms with Crippen molar-refractivity contribution in [3.63, 3.8) is 0 Å². The first-order valence-corrected chi connectivity index (χ1v) is 4.52. The topological polar surface area (TPSA) is 79.7 Å². The molecule has 0 amide bonds. The molecule has 0 saturated carbocycles. The molecule has 0 radical (unpaired) electrons. The number of rotatable bonds is 2. The monoisotopic (exact) mass is 219 g/mol. The molecular formula is C11H9NO4. The van der Waals surface area contributed by atoms with Crippen LogP contribution in [-0.4, -0.2) is 28.3 Å². The lowest BCUT2D eigenvalue weighted by Gasteiger charge is -2.05. The van der Waals surface area contributed by atoms with Crippen LogP contribution in [0.25, 0.3) is 10.9 Å². The highest BCUT2D eigenvalue weighted by atomic mass is 16.5. The Morgan fingerprint density at radius 3 is 2.75 bits per heavy atom. The fourth-order valence-electron chi connectivity index (χ4n) is 1.42. The van der Waals surface area contributed by atoms with Gasteiger partial charge in [-0.05, 0) is 12.1 Å². The number of benzene rings is 1. The second-order valence-electron chi connectivity index (χ2n) is 3.25. The van der Waals surface area contributed by atoms with Gasteiger partial charge in [-0.3, -0.25) is 4.98 Å². The molecule has 2 N–H and O–H groups in total. The lowest BCUT2D eigenvalue weighted by Crippen LogP contribution is -1.97. The zero-order chi connectivity index (χ0) is 11.7. The fraction of sp³-hybridized carbons (Fsp3) is 0.0909. The van der Waals surface area contributed by atoms with E-state index < -0.39 is 5.97 Å². The molecule has 5 heteroatoms. The number of fused-ring (bicyclic) bond motifs is 1. The van der Waals surface area contributed by atoms with E-state index in [4.69, 9.17) is 9.84 Å². The van der Waals surface area contributed by atoms with Crippen LogP contribution in [-0.2, 0) is 0 Å². The highest BCUT2D eigenvalue weighted by Gasteiger charge is 2.08. The van der Waals surface area contributed by atoms with Crippen LogP contribution in [0.4, 0.5) is 0 Å². The zero-order valence-electron chi connectivity index (χ0n) is 8.47. The van der Waals surface area contributed by atoms with Gasteiger partial charge in [-0.25, -0.2) is 4.79 Å². The van der Waals surface area contributed by atoms with Crippen molar-refractivity contribution in [2.75, 3.05) is 7.11 Å². The Bertz CT molecular complexity index is 565. The number of phenols is 1. The summed E-state index contributed by atoms with van der Waals surface area (Å²) in [6.45, 7) is 0. The molecule has 2 aromatic rings. The van der Waals surface area contributed by atoms with E-state index in [1.807, 2.05) is 0 Å². The Morgan fingerprint density at radius 1 is 1.38 bits per heavy atom. The van der Waals surface area contributed by atoms with Crippen LogP contribution in [0.3, 0.4) is 0 Å². The van der Waals surface area contributed by atoms with E-state index in [9.17, 15) is 9.90 Å². The quantitative estimate of drug-likeness (QED) is 0.802. The molecule has 82 valence electrons. The molecule has 0 atom stereocenters. The van der Waals surface area contributed by atoms with Crippen molar-refractivity contribution >= 4 is 16.9 Å². The third kappa shape index (κ3) is 1.63. The molecule has 0 aliphatic rings. The Morgan fingerprint density at radius 2 is 2.12 bits per heavy atom. The Labute approximate surface area is 90.9 Å². The summed E-state index contributed by atoms with van der Waals surface area (Å²) in [4.78, 5) is 14.7. The van der Waals surface area contributed by atoms with Gasteiger partial charge in [-0.15, -0.1) is 0 Å². The highest BCUT2D eigenvalue weighted by molar-refractivity contribution is 5.93. The van der Waals surface area contributed by atoms with Crippen molar-refractivity contribution in [2.45, 2.75) is 0 Å². The van der Waals surface area contributed by atoms with E-state index in [0.717, 1.165) is 0 Å². The van der Waals surface area contributed by atoms with Gasteiger partial charge in [0, 0.05) is 17.6 Å². The molecule has 1 heterocycles. The smallest absolute Gasteiger partial charge is 0.337 e. The summed E-state index contributed by atoms with van der Waals surface area (Å²) in [6.07, 6.45) is 1.25. The number of pyridine rings is 1. The molecule has 0 aliphatic heterocycles. The van der Waals surface area contributed by atoms with Crippen molar-refractivity contribution in [1.29, 1.82) is 0 Å². The molecule has 1 aromatic heterocycles. The van der Waals surface area contributed by atoms with Crippen molar-refractivity contribution < 1.29 is 19.7 Å². The molecule has 5 nitrogen and oxygen atoms in total. The van der Waals surface area contributed by atoms with Crippen molar-refractivity contribution in [3.05, 3.63) is 30.0 Å². The molecule has 16 heavy (non-hydrogen) atoms. The highest BCUT2D eigenvalue weighted by Crippen LogP contribution is 2.30. The number of nitrogens with zero attached hydrogens (tertiary/aromatic N) is 1. The lowest BCUT2D eigenvalue weighted by molar-refractivity contribution is 0.0696. The van der Waals surface area contributed by atoms with E-state index in [-0.39, 0.29) is 17.1 Å². The molecule has 0 saturated heterocycles. The van der Waals surface area contributed by atoms with Crippen LogP contribution >= 0.6 is 0 Å². The number of aromatic carboxylic acids is 1. The minimum absolute atomic E-state index is 0.0226. The number of carbonyl (C=O) groups is 1. The summed E-state index contributed by atoms with van der Waals surface area (Å²) in [5, 5.41) is 18.9. The lowest BCUT2D eigenvalue weighted by atomic mass is 10.1. The van der Waals surface area contributed by atoms with Crippen molar-refractivity contribution in [3.8, 4) is 11.5 Å². The van der Waals surface area contributed by atoms with Gasteiger partial charge in [-0.2, -0.15) is 0 Å². The van der Waals surface area contributed by atoms with E-state index >= 15 is 0 Å². The summed E-state index contributed by atoms with van der Waals surface area (Å²) in [5.41, 5.74) is 0.614. The summed E-state index contributed by atoms with van der Waals surface area (Å²) in [5.74, 6) is -0.774. The summed E-state index contributed by atoms with van der Waals surface area (Å²) in [7, 11) is 1.43. The fourth-order valence-corrected chi connectivity index (χ4v) is 1.42. The number of methoxy groups -OCH3 is 1. The normalized spacial score (nSPS) is 10.3. The predicted octanol–water partition coefficient (Wildman–Crippen LogP) is 1.65. The number of phenolic OH excluding ortho intramolecular Hbond substituents is 1. The second kappa shape index (κ2) is 3.69. The second-order valence-corrected chi connectivity index (χ2v) is 3.25. The number of carboxylic acids is 1. The summed E-state index contributed by atoms with van der Waals surface area (Å²) >= 11 is 0. The number of ether oxygens (including phenoxy) is 1. The first-order valence-electron chi connectivity index (χ1n) is 4.52. The van der Waals surface area contributed by atoms with Crippen LogP contribution in [0.1, 0.15) is 10.4 Å². The molecule has 2 rings (SSSR count). The predicted molar refractivity (Wildman–Crippen MR) is 56.9 cm³/mol. The third-order valence-electron chi connectivity index (χ3n) is 2.23. The van der Waals surface area contributed by atoms with Crippen molar-refractivity contribution in [2.24, 2.45) is 0 Å². The maximum atomic E-state index is 10.7.